The van der Waals surface area contributed by atoms with Crippen molar-refractivity contribution in [1.29, 1.82) is 0 Å². The summed E-state index contributed by atoms with van der Waals surface area (Å²) in [4.78, 5) is 4.16. The highest BCUT2D eigenvalue weighted by Crippen LogP contribution is 2.44. The summed E-state index contributed by atoms with van der Waals surface area (Å²) in [6.45, 7) is 1.28. The summed E-state index contributed by atoms with van der Waals surface area (Å²) in [6, 6.07) is 8.34. The van der Waals surface area contributed by atoms with E-state index in [0.717, 1.165) is 24.0 Å². The van der Waals surface area contributed by atoms with Gasteiger partial charge in [0.15, 0.2) is 0 Å². The molecule has 0 radical (unpaired) electrons. The first-order valence-corrected chi connectivity index (χ1v) is 6.75. The minimum absolute atomic E-state index is 0. The highest BCUT2D eigenvalue weighted by molar-refractivity contribution is 5.85. The Morgan fingerprint density at radius 1 is 1.14 bits per heavy atom. The third-order valence-electron chi connectivity index (χ3n) is 3.81. The second-order valence-electron chi connectivity index (χ2n) is 5.41. The fraction of sp³-hybridized carbons (Fsp3) is 0.312. The topological polar surface area (TPSA) is 48.1 Å². The van der Waals surface area contributed by atoms with Crippen molar-refractivity contribution in [3.05, 3.63) is 48.5 Å². The summed E-state index contributed by atoms with van der Waals surface area (Å²) in [6.07, 6.45) is 5.63. The minimum Gasteiger partial charge on any atom is -0.491 e. The Balaban J connectivity index is 0.00000121. The van der Waals surface area contributed by atoms with Crippen LogP contribution in [-0.2, 0) is 0 Å². The number of hydrogen-bond donors (Lipinski definition) is 1. The molecule has 1 aliphatic rings. The number of ether oxygens (including phenoxy) is 1. The van der Waals surface area contributed by atoms with E-state index < -0.39 is 0 Å². The zero-order valence-corrected chi connectivity index (χ0v) is 13.6. The van der Waals surface area contributed by atoms with E-state index in [1.165, 1.54) is 12.1 Å². The van der Waals surface area contributed by atoms with Gasteiger partial charge in [0.25, 0.3) is 0 Å². The molecule has 1 aromatic heterocycles. The Morgan fingerprint density at radius 3 is 2.55 bits per heavy atom. The molecule has 3 rings (SSSR count). The lowest BCUT2D eigenvalue weighted by atomic mass is 10.1. The summed E-state index contributed by atoms with van der Waals surface area (Å²) in [5, 5.41) is 0. The molecule has 1 aliphatic carbocycles. The lowest BCUT2D eigenvalue weighted by Gasteiger charge is -2.14. The lowest BCUT2D eigenvalue weighted by Crippen LogP contribution is -2.22. The van der Waals surface area contributed by atoms with E-state index in [4.69, 9.17) is 10.5 Å². The van der Waals surface area contributed by atoms with Crippen molar-refractivity contribution in [2.45, 2.75) is 12.8 Å². The molecule has 120 valence electrons. The van der Waals surface area contributed by atoms with Crippen molar-refractivity contribution in [1.82, 2.24) is 4.98 Å². The quantitative estimate of drug-likeness (QED) is 0.895. The highest BCUT2D eigenvalue weighted by atomic mass is 35.5. The normalized spacial score (nSPS) is 14.5. The number of nitrogens with two attached hydrogens (primary N) is 1. The average Bonchev–Trinajstić information content (AvgIpc) is 3.26. The molecule has 1 saturated carbocycles. The van der Waals surface area contributed by atoms with Crippen molar-refractivity contribution in [2.24, 2.45) is 11.1 Å². The maximum atomic E-state index is 13.2. The number of benzene rings is 1. The number of rotatable bonds is 5. The molecule has 0 atom stereocenters. The molecule has 2 N–H and O–H groups in total. The summed E-state index contributed by atoms with van der Waals surface area (Å²) in [5.74, 6) is 0.445. The summed E-state index contributed by atoms with van der Waals surface area (Å²) < 4.78 is 19.0. The van der Waals surface area contributed by atoms with Gasteiger partial charge in [-0.3, -0.25) is 4.98 Å². The Kier molecular flexibility index (Phi) is 6.60. The smallest absolute Gasteiger partial charge is 0.138 e. The van der Waals surface area contributed by atoms with Gasteiger partial charge < -0.3 is 10.5 Å². The van der Waals surface area contributed by atoms with Gasteiger partial charge in [0.1, 0.15) is 11.6 Å². The van der Waals surface area contributed by atoms with Crippen LogP contribution in [0.15, 0.2) is 42.7 Å². The van der Waals surface area contributed by atoms with Crippen LogP contribution in [0.25, 0.3) is 11.1 Å². The molecule has 0 bridgehead atoms. The first kappa shape index (κ1) is 18.7. The van der Waals surface area contributed by atoms with E-state index in [1.807, 2.05) is 12.1 Å². The number of nitrogens with zero attached hydrogens (tertiary/aromatic N) is 1. The molecule has 0 aliphatic heterocycles. The Bertz CT molecular complexity index is 621. The van der Waals surface area contributed by atoms with Crippen LogP contribution < -0.4 is 10.5 Å². The minimum atomic E-state index is -0.256. The molecule has 1 aromatic carbocycles. The van der Waals surface area contributed by atoms with Gasteiger partial charge >= 0.3 is 0 Å². The van der Waals surface area contributed by atoms with Crippen LogP contribution in [-0.4, -0.2) is 18.1 Å². The van der Waals surface area contributed by atoms with E-state index >= 15 is 0 Å². The van der Waals surface area contributed by atoms with Crippen molar-refractivity contribution in [3.8, 4) is 16.9 Å². The van der Waals surface area contributed by atoms with E-state index in [2.05, 4.69) is 4.98 Å². The Morgan fingerprint density at radius 2 is 1.91 bits per heavy atom. The third kappa shape index (κ3) is 4.32. The first-order valence-electron chi connectivity index (χ1n) is 6.75. The highest BCUT2D eigenvalue weighted by Gasteiger charge is 2.42. The van der Waals surface area contributed by atoms with E-state index in [1.54, 1.807) is 18.5 Å². The van der Waals surface area contributed by atoms with Gasteiger partial charge in [-0.05, 0) is 36.6 Å². The SMILES string of the molecule is Cl.Cl.NCC1(COc2cncc(-c3cccc(F)c3)c2)CC1. The Labute approximate surface area is 141 Å². The second kappa shape index (κ2) is 7.77. The number of pyridine rings is 1. The largest absolute Gasteiger partial charge is 0.491 e. The maximum Gasteiger partial charge on any atom is 0.138 e. The molecular formula is C16H19Cl2FN2O. The predicted molar refractivity (Wildman–Crippen MR) is 90.3 cm³/mol. The van der Waals surface area contributed by atoms with E-state index in [-0.39, 0.29) is 36.0 Å². The monoisotopic (exact) mass is 344 g/mol. The van der Waals surface area contributed by atoms with Gasteiger partial charge in [0, 0.05) is 23.7 Å². The molecule has 1 fully saturated rings. The standard InChI is InChI=1S/C16H17FN2O.2ClH/c17-14-3-1-2-12(6-14)13-7-15(9-19-8-13)20-11-16(10-18)4-5-16;;/h1-3,6-9H,4-5,10-11,18H2;2*1H. The van der Waals surface area contributed by atoms with Gasteiger partial charge in [0.05, 0.1) is 12.8 Å². The van der Waals surface area contributed by atoms with E-state index in [0.29, 0.717) is 18.9 Å². The van der Waals surface area contributed by atoms with Crippen LogP contribution in [0.1, 0.15) is 12.8 Å². The maximum absolute atomic E-state index is 13.2. The first-order chi connectivity index (χ1) is 9.71. The number of aromatic nitrogens is 1. The van der Waals surface area contributed by atoms with Crippen LogP contribution >= 0.6 is 24.8 Å². The van der Waals surface area contributed by atoms with Crippen LogP contribution in [0.3, 0.4) is 0 Å². The predicted octanol–water partition coefficient (Wildman–Crippen LogP) is 3.85. The van der Waals surface area contributed by atoms with Crippen molar-refractivity contribution in [3.63, 3.8) is 0 Å². The zero-order valence-electron chi connectivity index (χ0n) is 12.0. The molecular weight excluding hydrogens is 326 g/mol. The van der Waals surface area contributed by atoms with Crippen LogP contribution in [0, 0.1) is 11.2 Å². The third-order valence-corrected chi connectivity index (χ3v) is 3.81. The van der Waals surface area contributed by atoms with Gasteiger partial charge in [-0.1, -0.05) is 12.1 Å². The fourth-order valence-electron chi connectivity index (χ4n) is 2.14. The molecule has 0 amide bonds. The fourth-order valence-corrected chi connectivity index (χ4v) is 2.14. The van der Waals surface area contributed by atoms with Gasteiger partial charge in [-0.15, -0.1) is 24.8 Å². The van der Waals surface area contributed by atoms with Gasteiger partial charge in [0.2, 0.25) is 0 Å². The van der Waals surface area contributed by atoms with Gasteiger partial charge in [-0.25, -0.2) is 4.39 Å². The molecule has 2 aromatic rings. The summed E-state index contributed by atoms with van der Waals surface area (Å²) in [5.41, 5.74) is 7.54. The molecule has 6 heteroatoms. The molecule has 0 unspecified atom stereocenters. The molecule has 22 heavy (non-hydrogen) atoms. The van der Waals surface area contributed by atoms with Crippen molar-refractivity contribution >= 4 is 24.8 Å². The van der Waals surface area contributed by atoms with Crippen LogP contribution in [0.2, 0.25) is 0 Å². The molecule has 3 nitrogen and oxygen atoms in total. The van der Waals surface area contributed by atoms with Crippen LogP contribution in [0.4, 0.5) is 4.39 Å². The summed E-state index contributed by atoms with van der Waals surface area (Å²) >= 11 is 0. The molecule has 0 saturated heterocycles. The molecule has 1 heterocycles. The van der Waals surface area contributed by atoms with E-state index in [9.17, 15) is 4.39 Å². The zero-order chi connectivity index (χ0) is 14.0. The average molecular weight is 345 g/mol. The van der Waals surface area contributed by atoms with Crippen molar-refractivity contribution < 1.29 is 9.13 Å². The lowest BCUT2D eigenvalue weighted by molar-refractivity contribution is 0.238. The van der Waals surface area contributed by atoms with Gasteiger partial charge in [-0.2, -0.15) is 0 Å². The number of hydrogen-bond acceptors (Lipinski definition) is 3. The molecule has 0 spiro atoms. The Hall–Kier alpha value is -1.36. The summed E-state index contributed by atoms with van der Waals surface area (Å²) in [7, 11) is 0. The van der Waals surface area contributed by atoms with Crippen LogP contribution in [0.5, 0.6) is 5.75 Å². The number of halogens is 3. The van der Waals surface area contributed by atoms with Crippen molar-refractivity contribution in [2.75, 3.05) is 13.2 Å². The second-order valence-corrected chi connectivity index (χ2v) is 5.41.